The highest BCUT2D eigenvalue weighted by atomic mass is 33.1. The van der Waals surface area contributed by atoms with Gasteiger partial charge in [-0.15, -0.1) is 0 Å². The summed E-state index contributed by atoms with van der Waals surface area (Å²) in [7, 11) is 6.30. The summed E-state index contributed by atoms with van der Waals surface area (Å²) in [5.41, 5.74) is 0. The van der Waals surface area contributed by atoms with Gasteiger partial charge in [0.2, 0.25) is 23.6 Å². The highest BCUT2D eigenvalue weighted by Gasteiger charge is 2.28. The molecule has 78 heavy (non-hydrogen) atoms. The Balaban J connectivity index is 4.54. The van der Waals surface area contributed by atoms with E-state index in [0.717, 1.165) is 38.5 Å². The molecule has 15 nitrogen and oxygen atoms in total. The van der Waals surface area contributed by atoms with Crippen LogP contribution in [-0.4, -0.2) is 144 Å². The Morgan fingerprint density at radius 1 is 0.410 bits per heavy atom. The van der Waals surface area contributed by atoms with Gasteiger partial charge in [0.1, 0.15) is 0 Å². The molecule has 0 radical (unpaired) electrons. The van der Waals surface area contributed by atoms with Gasteiger partial charge in [-0.05, 0) is 57.8 Å². The number of nitrogens with zero attached hydrogens (tertiary/aromatic N) is 1. The van der Waals surface area contributed by atoms with Crippen LogP contribution in [0.25, 0.3) is 0 Å². The van der Waals surface area contributed by atoms with Crippen molar-refractivity contribution in [2.24, 2.45) is 11.8 Å². The molecule has 0 rings (SSSR count). The van der Waals surface area contributed by atoms with Gasteiger partial charge in [0.05, 0.1) is 44.3 Å². The third-order valence-electron chi connectivity index (χ3n) is 13.5. The topological polar surface area (TPSA) is 213 Å². The number of rotatable bonds is 57. The van der Waals surface area contributed by atoms with Crippen molar-refractivity contribution in [2.45, 2.75) is 252 Å². The first-order chi connectivity index (χ1) is 37.8. The van der Waals surface area contributed by atoms with Crippen molar-refractivity contribution in [3.05, 3.63) is 0 Å². The normalized spacial score (nSPS) is 13.3. The van der Waals surface area contributed by atoms with Crippen LogP contribution in [0.1, 0.15) is 234 Å². The maximum atomic E-state index is 13.5. The quantitative estimate of drug-likeness (QED) is 0.0190. The monoisotopic (exact) mass is 1180 g/mol. The molecule has 5 unspecified atom stereocenters. The van der Waals surface area contributed by atoms with Crippen molar-refractivity contribution in [2.75, 3.05) is 75.5 Å². The largest absolute Gasteiger partial charge is 0.465 e. The van der Waals surface area contributed by atoms with E-state index < -0.39 is 18.2 Å². The number of hydrogen-bond donors (Lipinski definition) is 6. The molecule has 0 saturated heterocycles. The second-order valence-electron chi connectivity index (χ2n) is 21.2. The van der Waals surface area contributed by atoms with Crippen LogP contribution in [0.15, 0.2) is 0 Å². The van der Waals surface area contributed by atoms with E-state index in [2.05, 4.69) is 49.0 Å². The van der Waals surface area contributed by atoms with Crippen molar-refractivity contribution in [1.29, 1.82) is 0 Å². The summed E-state index contributed by atoms with van der Waals surface area (Å²) in [6.45, 7) is 15.0. The Labute approximate surface area is 490 Å². The zero-order chi connectivity index (χ0) is 57.7. The predicted octanol–water partition coefficient (Wildman–Crippen LogP) is 11.7. The van der Waals surface area contributed by atoms with Crippen LogP contribution in [0.5, 0.6) is 0 Å². The Morgan fingerprint density at radius 2 is 0.718 bits per heavy atom. The molecular formula is C59H113N5O10S4. The zero-order valence-electron chi connectivity index (χ0n) is 49.8. The fourth-order valence-corrected chi connectivity index (χ4v) is 12.7. The smallest absolute Gasteiger partial charge is 0.306 e. The van der Waals surface area contributed by atoms with Crippen LogP contribution < -0.4 is 21.3 Å². The van der Waals surface area contributed by atoms with Crippen LogP contribution in [0.2, 0.25) is 0 Å². The summed E-state index contributed by atoms with van der Waals surface area (Å²) < 4.78 is 11.3. The lowest BCUT2D eigenvalue weighted by molar-refractivity contribution is -0.147. The highest BCUT2D eigenvalue weighted by Crippen LogP contribution is 2.23. The minimum Gasteiger partial charge on any atom is -0.465 e. The van der Waals surface area contributed by atoms with E-state index in [1.165, 1.54) is 116 Å². The highest BCUT2D eigenvalue weighted by molar-refractivity contribution is 8.77. The number of hydrogen-bond acceptors (Lipinski definition) is 15. The van der Waals surface area contributed by atoms with E-state index in [-0.39, 0.29) is 87.2 Å². The zero-order valence-corrected chi connectivity index (χ0v) is 53.1. The molecule has 0 fully saturated rings. The maximum absolute atomic E-state index is 13.5. The van der Waals surface area contributed by atoms with Gasteiger partial charge in [-0.3, -0.25) is 33.7 Å². The van der Waals surface area contributed by atoms with E-state index in [0.29, 0.717) is 74.2 Å². The lowest BCUT2D eigenvalue weighted by atomic mass is 9.95. The standard InChI is InChI=1S/C59H113N5O10S4/c1-7-11-15-19-21-25-29-51(27-23-17-13-9-3)47-73-57(70)35-33-55(68)61-38-42-76-75-41-37-60-54(67)32-31-53(64(45-49(5)65)46-50(6)66)59(72)63-40-44-78-77-43-39-62-56(69)34-36-58(71)74-48-52(28-24-18-14-10-4)30-26-22-20-16-12-8-2/h49-53,65-66H,7-48H2,1-6H3,(H,60,67)(H,61,68)(H,62,69)(H,63,72). The number of nitrogens with one attached hydrogen (secondary N) is 4. The van der Waals surface area contributed by atoms with Gasteiger partial charge in [-0.2, -0.15) is 0 Å². The van der Waals surface area contributed by atoms with Crippen molar-refractivity contribution < 1.29 is 48.5 Å². The number of amides is 4. The SMILES string of the molecule is CCCCCCCCC(CCCCCC)COC(=O)CCC(=O)NCCSSCCNC(=O)CCC(C(=O)NCCSSCCNC(=O)CCC(=O)OCC(CCCCCC)CCCCCCCC)N(CC(C)O)CC(C)O. The second kappa shape index (κ2) is 55.6. The summed E-state index contributed by atoms with van der Waals surface area (Å²) in [4.78, 5) is 78.1. The maximum Gasteiger partial charge on any atom is 0.306 e. The predicted molar refractivity (Wildman–Crippen MR) is 331 cm³/mol. The molecule has 458 valence electrons. The van der Waals surface area contributed by atoms with Crippen molar-refractivity contribution in [3.8, 4) is 0 Å². The molecule has 0 aliphatic carbocycles. The van der Waals surface area contributed by atoms with Crippen LogP contribution in [-0.2, 0) is 38.2 Å². The molecule has 0 aromatic carbocycles. The molecule has 19 heteroatoms. The summed E-state index contributed by atoms with van der Waals surface area (Å²) in [5.74, 6) is 1.86. The number of aliphatic hydroxyl groups excluding tert-OH is 2. The van der Waals surface area contributed by atoms with Crippen LogP contribution >= 0.6 is 43.2 Å². The van der Waals surface area contributed by atoms with Gasteiger partial charge in [0, 0.05) is 81.5 Å². The minimum atomic E-state index is -0.754. The molecule has 0 aliphatic heterocycles. The summed E-state index contributed by atoms with van der Waals surface area (Å²) in [6.07, 6.45) is 28.0. The Kier molecular flexibility index (Phi) is 54.3. The second-order valence-corrected chi connectivity index (χ2v) is 26.6. The molecule has 0 heterocycles. The number of carbonyl (C=O) groups is 6. The van der Waals surface area contributed by atoms with Gasteiger partial charge >= 0.3 is 11.9 Å². The lowest BCUT2D eigenvalue weighted by Gasteiger charge is -2.32. The van der Waals surface area contributed by atoms with E-state index in [4.69, 9.17) is 9.47 Å². The Bertz CT molecular complexity index is 1480. The molecule has 0 aromatic rings. The van der Waals surface area contributed by atoms with Gasteiger partial charge in [0.15, 0.2) is 0 Å². The van der Waals surface area contributed by atoms with Gasteiger partial charge in [-0.25, -0.2) is 0 Å². The molecule has 0 spiro atoms. The fraction of sp³-hybridized carbons (Fsp3) is 0.898. The number of carbonyl (C=O) groups excluding carboxylic acids is 6. The van der Waals surface area contributed by atoms with E-state index in [1.807, 2.05) is 0 Å². The Morgan fingerprint density at radius 3 is 1.06 bits per heavy atom. The lowest BCUT2D eigenvalue weighted by Crippen LogP contribution is -2.51. The molecule has 6 N–H and O–H groups in total. The molecular weight excluding hydrogens is 1070 g/mol. The van der Waals surface area contributed by atoms with E-state index in [1.54, 1.807) is 61.9 Å². The van der Waals surface area contributed by atoms with Gasteiger partial charge < -0.3 is 41.0 Å². The van der Waals surface area contributed by atoms with E-state index in [9.17, 15) is 39.0 Å². The molecule has 4 amide bonds. The molecule has 0 aromatic heterocycles. The number of ether oxygens (including phenoxy) is 2. The van der Waals surface area contributed by atoms with Gasteiger partial charge in [-0.1, -0.05) is 199 Å². The van der Waals surface area contributed by atoms with Crippen molar-refractivity contribution in [3.63, 3.8) is 0 Å². The number of aliphatic hydroxyl groups is 2. The first-order valence-electron chi connectivity index (χ1n) is 30.7. The number of unbranched alkanes of at least 4 members (excludes halogenated alkanes) is 16. The summed E-state index contributed by atoms with van der Waals surface area (Å²) in [6, 6.07) is -0.741. The van der Waals surface area contributed by atoms with Gasteiger partial charge in [0.25, 0.3) is 0 Å². The Hall–Kier alpha value is -1.90. The number of esters is 2. The third kappa shape index (κ3) is 49.9. The van der Waals surface area contributed by atoms with E-state index >= 15 is 0 Å². The summed E-state index contributed by atoms with van der Waals surface area (Å²) in [5, 5.41) is 32.1. The fourth-order valence-electron chi connectivity index (χ4n) is 9.05. The molecule has 5 atom stereocenters. The molecule has 0 saturated carbocycles. The summed E-state index contributed by atoms with van der Waals surface area (Å²) >= 11 is 0. The molecule has 0 aliphatic rings. The molecule has 0 bridgehead atoms. The van der Waals surface area contributed by atoms with Crippen LogP contribution in [0.4, 0.5) is 0 Å². The third-order valence-corrected chi connectivity index (χ3v) is 18.3. The first-order valence-corrected chi connectivity index (χ1v) is 35.7. The average molecular weight is 1180 g/mol. The van der Waals surface area contributed by atoms with Crippen LogP contribution in [0.3, 0.4) is 0 Å². The van der Waals surface area contributed by atoms with Crippen molar-refractivity contribution >= 4 is 78.7 Å². The minimum absolute atomic E-state index is 0.0664. The van der Waals surface area contributed by atoms with Crippen LogP contribution in [0, 0.1) is 11.8 Å². The average Bonchev–Trinajstić information content (AvgIpc) is 3.40. The van der Waals surface area contributed by atoms with Crippen molar-refractivity contribution in [1.82, 2.24) is 26.2 Å². The first kappa shape index (κ1) is 76.1.